The number of rotatable bonds is 7. The second kappa shape index (κ2) is 9.34. The third-order valence-electron chi connectivity index (χ3n) is 4.03. The van der Waals surface area contributed by atoms with Crippen LogP contribution >= 0.6 is 11.6 Å². The third-order valence-corrected chi connectivity index (χ3v) is 6.02. The molecule has 0 aliphatic heterocycles. The van der Waals surface area contributed by atoms with Gasteiger partial charge < -0.3 is 15.1 Å². The fourth-order valence-electron chi connectivity index (χ4n) is 2.66. The fraction of sp³-hybridized carbons (Fsp3) is 0.143. The smallest absolute Gasteiger partial charge is 0.291 e. The van der Waals surface area contributed by atoms with Crippen LogP contribution in [0.1, 0.15) is 34.8 Å². The van der Waals surface area contributed by atoms with Gasteiger partial charge in [-0.3, -0.25) is 9.59 Å². The molecule has 0 fully saturated rings. The molecule has 0 atom stereocenters. The van der Waals surface area contributed by atoms with Gasteiger partial charge in [-0.1, -0.05) is 11.6 Å². The first kappa shape index (κ1) is 22.5. The third kappa shape index (κ3) is 5.72. The number of hydrogen-bond acceptors (Lipinski definition) is 5. The zero-order chi connectivity index (χ0) is 22.6. The number of sulfonamides is 1. The maximum atomic E-state index is 12.7. The lowest BCUT2D eigenvalue weighted by molar-refractivity contribution is 0.0994. The lowest BCUT2D eigenvalue weighted by atomic mass is 10.2. The number of carbonyl (C=O) groups is 2. The lowest BCUT2D eigenvalue weighted by Gasteiger charge is -2.12. The molecule has 2 amide bonds. The molecule has 3 rings (SSSR count). The van der Waals surface area contributed by atoms with Crippen LogP contribution in [0.25, 0.3) is 0 Å². The minimum Gasteiger partial charge on any atom is -0.459 e. The molecule has 0 unspecified atom stereocenters. The van der Waals surface area contributed by atoms with E-state index < -0.39 is 21.8 Å². The van der Waals surface area contributed by atoms with E-state index >= 15 is 0 Å². The summed E-state index contributed by atoms with van der Waals surface area (Å²) in [7, 11) is -3.78. The highest BCUT2D eigenvalue weighted by Gasteiger charge is 2.20. The number of carbonyl (C=O) groups excluding carboxylic acids is 2. The average Bonchev–Trinajstić information content (AvgIpc) is 3.23. The molecule has 8 nitrogen and oxygen atoms in total. The van der Waals surface area contributed by atoms with Crippen molar-refractivity contribution in [3.63, 3.8) is 0 Å². The van der Waals surface area contributed by atoms with Crippen LogP contribution in [0.2, 0.25) is 5.02 Å². The first-order chi connectivity index (χ1) is 14.7. The van der Waals surface area contributed by atoms with Gasteiger partial charge in [0.2, 0.25) is 10.0 Å². The molecule has 0 spiro atoms. The largest absolute Gasteiger partial charge is 0.459 e. The van der Waals surface area contributed by atoms with E-state index in [2.05, 4.69) is 15.4 Å². The standard InChI is InChI=1S/C21H20ClN3O5S/c1-13(2)25-31(28,29)16-9-10-18(22)17(12-16)20(26)23-14-5-7-15(8-6-14)24-21(27)19-4-3-11-30-19/h3-13,25H,1-2H3,(H,23,26)(H,24,27). The molecule has 1 heterocycles. The predicted octanol–water partition coefficient (Wildman–Crippen LogP) is 4.12. The van der Waals surface area contributed by atoms with Crippen molar-refractivity contribution in [1.29, 1.82) is 0 Å². The Bertz CT molecular complexity index is 1190. The van der Waals surface area contributed by atoms with Gasteiger partial charge in [-0.15, -0.1) is 0 Å². The van der Waals surface area contributed by atoms with Gasteiger partial charge in [-0.25, -0.2) is 13.1 Å². The van der Waals surface area contributed by atoms with Gasteiger partial charge in [0.1, 0.15) is 0 Å². The maximum absolute atomic E-state index is 12.7. The number of nitrogens with one attached hydrogen (secondary N) is 3. The van der Waals surface area contributed by atoms with E-state index in [-0.39, 0.29) is 27.3 Å². The fourth-order valence-corrected chi connectivity index (χ4v) is 4.14. The Morgan fingerprint density at radius 1 is 0.935 bits per heavy atom. The molecule has 0 aliphatic carbocycles. The Labute approximate surface area is 184 Å². The van der Waals surface area contributed by atoms with Crippen LogP contribution in [0.5, 0.6) is 0 Å². The molecule has 3 N–H and O–H groups in total. The molecule has 0 radical (unpaired) electrons. The molecule has 0 saturated carbocycles. The van der Waals surface area contributed by atoms with Crippen molar-refractivity contribution in [3.8, 4) is 0 Å². The summed E-state index contributed by atoms with van der Waals surface area (Å²) in [6, 6.07) is 13.1. The highest BCUT2D eigenvalue weighted by atomic mass is 35.5. The van der Waals surface area contributed by atoms with E-state index in [1.165, 1.54) is 24.5 Å². The van der Waals surface area contributed by atoms with E-state index in [9.17, 15) is 18.0 Å². The second-order valence-electron chi connectivity index (χ2n) is 6.88. The van der Waals surface area contributed by atoms with Crippen LogP contribution in [0.3, 0.4) is 0 Å². The van der Waals surface area contributed by atoms with Gasteiger partial charge in [0.05, 0.1) is 21.7 Å². The number of hydrogen-bond donors (Lipinski definition) is 3. The SMILES string of the molecule is CC(C)NS(=O)(=O)c1ccc(Cl)c(C(=O)Nc2ccc(NC(=O)c3ccco3)cc2)c1. The summed E-state index contributed by atoms with van der Waals surface area (Å²) in [5, 5.41) is 5.44. The topological polar surface area (TPSA) is 118 Å². The highest BCUT2D eigenvalue weighted by Crippen LogP contribution is 2.23. The van der Waals surface area contributed by atoms with Gasteiger partial charge in [-0.2, -0.15) is 0 Å². The summed E-state index contributed by atoms with van der Waals surface area (Å²) >= 11 is 6.11. The molecular weight excluding hydrogens is 442 g/mol. The molecule has 0 saturated heterocycles. The van der Waals surface area contributed by atoms with E-state index in [4.69, 9.17) is 16.0 Å². The molecule has 1 aromatic heterocycles. The van der Waals surface area contributed by atoms with Crippen molar-refractivity contribution in [2.45, 2.75) is 24.8 Å². The molecule has 0 bridgehead atoms. The normalized spacial score (nSPS) is 11.4. The van der Waals surface area contributed by atoms with Gasteiger partial charge in [0, 0.05) is 17.4 Å². The highest BCUT2D eigenvalue weighted by molar-refractivity contribution is 7.89. The van der Waals surface area contributed by atoms with Crippen molar-refractivity contribution < 1.29 is 22.4 Å². The van der Waals surface area contributed by atoms with Gasteiger partial charge in [-0.05, 0) is 68.4 Å². The second-order valence-corrected chi connectivity index (χ2v) is 9.00. The first-order valence-corrected chi connectivity index (χ1v) is 11.1. The molecular formula is C21H20ClN3O5S. The summed E-state index contributed by atoms with van der Waals surface area (Å²) in [6.07, 6.45) is 1.40. The zero-order valence-corrected chi connectivity index (χ0v) is 18.3. The minimum atomic E-state index is -3.78. The van der Waals surface area contributed by atoms with Gasteiger partial charge in [0.25, 0.3) is 11.8 Å². The molecule has 2 aromatic carbocycles. The predicted molar refractivity (Wildman–Crippen MR) is 118 cm³/mol. The quantitative estimate of drug-likeness (QED) is 0.489. The van der Waals surface area contributed by atoms with Crippen molar-refractivity contribution in [3.05, 3.63) is 77.2 Å². The lowest BCUT2D eigenvalue weighted by Crippen LogP contribution is -2.30. The Balaban J connectivity index is 1.72. The average molecular weight is 462 g/mol. The Kier molecular flexibility index (Phi) is 6.79. The van der Waals surface area contributed by atoms with Crippen molar-refractivity contribution in [1.82, 2.24) is 4.72 Å². The molecule has 10 heteroatoms. The van der Waals surface area contributed by atoms with Crippen LogP contribution in [0.4, 0.5) is 11.4 Å². The van der Waals surface area contributed by atoms with E-state index in [1.54, 1.807) is 50.2 Å². The number of furan rings is 1. The van der Waals surface area contributed by atoms with Crippen LogP contribution in [0.15, 0.2) is 70.2 Å². The summed E-state index contributed by atoms with van der Waals surface area (Å²) in [5.41, 5.74) is 0.958. The van der Waals surface area contributed by atoms with Crippen LogP contribution in [-0.4, -0.2) is 26.3 Å². The Morgan fingerprint density at radius 2 is 1.55 bits per heavy atom. The van der Waals surface area contributed by atoms with Crippen molar-refractivity contribution in [2.75, 3.05) is 10.6 Å². The van der Waals surface area contributed by atoms with E-state index in [0.717, 1.165) is 0 Å². The number of anilines is 2. The maximum Gasteiger partial charge on any atom is 0.291 e. The summed E-state index contributed by atoms with van der Waals surface area (Å²) in [5.74, 6) is -0.797. The first-order valence-electron chi connectivity index (χ1n) is 9.24. The van der Waals surface area contributed by atoms with Crippen molar-refractivity contribution in [2.24, 2.45) is 0 Å². The Hall–Kier alpha value is -3.14. The summed E-state index contributed by atoms with van der Waals surface area (Å²) in [6.45, 7) is 3.39. The summed E-state index contributed by atoms with van der Waals surface area (Å²) in [4.78, 5) is 24.6. The Morgan fingerprint density at radius 3 is 2.10 bits per heavy atom. The van der Waals surface area contributed by atoms with E-state index in [1.807, 2.05) is 0 Å². The van der Waals surface area contributed by atoms with Crippen LogP contribution < -0.4 is 15.4 Å². The number of halogens is 1. The number of benzene rings is 2. The minimum absolute atomic E-state index is 0.0171. The molecule has 162 valence electrons. The molecule has 31 heavy (non-hydrogen) atoms. The molecule has 3 aromatic rings. The van der Waals surface area contributed by atoms with Crippen LogP contribution in [0, 0.1) is 0 Å². The van der Waals surface area contributed by atoms with Crippen LogP contribution in [-0.2, 0) is 10.0 Å². The number of amides is 2. The van der Waals surface area contributed by atoms with Gasteiger partial charge >= 0.3 is 0 Å². The zero-order valence-electron chi connectivity index (χ0n) is 16.7. The van der Waals surface area contributed by atoms with Crippen molar-refractivity contribution >= 4 is 44.8 Å². The monoisotopic (exact) mass is 461 g/mol. The molecule has 0 aliphatic rings. The summed E-state index contributed by atoms with van der Waals surface area (Å²) < 4.78 is 32.2. The van der Waals surface area contributed by atoms with E-state index in [0.29, 0.717) is 11.4 Å². The van der Waals surface area contributed by atoms with Gasteiger partial charge in [0.15, 0.2) is 5.76 Å².